The standard InChI is InChI=1S/2Ca.Cu.O.Tl.4H/q2*+2;;;;4*-1. The normalized spacial score (nSPS) is 1.20. The van der Waals surface area contributed by atoms with Crippen molar-refractivity contribution in [2.45, 2.75) is 0 Å². The van der Waals surface area contributed by atoms with Crippen molar-refractivity contribution in [1.29, 1.82) is 0 Å². The molecule has 0 aliphatic carbocycles. The van der Waals surface area contributed by atoms with E-state index in [1.165, 1.54) is 0 Å². The Kier molecular flexibility index (Phi) is 117. The van der Waals surface area contributed by atoms with Crippen LogP contribution in [0.4, 0.5) is 0 Å². The molecule has 0 aliphatic heterocycles. The molecule has 0 spiro atoms. The number of rotatable bonds is 0. The molecule has 0 unspecified atom stereocenters. The maximum atomic E-state index is 7.81. The summed E-state index contributed by atoms with van der Waals surface area (Å²) < 4.78 is 7.81. The summed E-state index contributed by atoms with van der Waals surface area (Å²) in [7, 11) is 0. The first-order valence-electron chi connectivity index (χ1n) is 0.123. The van der Waals surface area contributed by atoms with E-state index in [1.807, 2.05) is 0 Å². The van der Waals surface area contributed by atoms with E-state index in [4.69, 9.17) is 3.83 Å². The van der Waals surface area contributed by atoms with E-state index in [1.54, 1.807) is 0 Å². The van der Waals surface area contributed by atoms with Crippen molar-refractivity contribution in [3.05, 3.63) is 0 Å². The van der Waals surface area contributed by atoms with Crippen molar-refractivity contribution in [2.75, 3.05) is 0 Å². The fraction of sp³-hybridized carbons (Fsp3) is 0. The van der Waals surface area contributed by atoms with Crippen LogP contribution in [-0.2, 0) is 19.8 Å². The molecule has 0 aliphatic rings. The Morgan fingerprint density at radius 1 is 1.20 bits per heavy atom. The summed E-state index contributed by atoms with van der Waals surface area (Å²) in [5.41, 5.74) is 0. The molecule has 0 saturated carbocycles. The second kappa shape index (κ2) is 25.1. The molecule has 1 radical (unpaired) electrons. The van der Waals surface area contributed by atoms with Crippen molar-refractivity contribution >= 4 is 103 Å². The van der Waals surface area contributed by atoms with Crippen LogP contribution in [-0.4, -0.2) is 103 Å². The molecule has 28 valence electrons. The largest absolute Gasteiger partial charge is 0 e. The second-order valence-electron chi connectivity index (χ2n) is 0. The van der Waals surface area contributed by atoms with Gasteiger partial charge in [0.2, 0.25) is 0 Å². The topological polar surface area (TPSA) is 17.1 Å². The van der Waals surface area contributed by atoms with Crippen molar-refractivity contribution in [1.82, 2.24) is 0 Å². The molecule has 0 saturated heterocycles. The first kappa shape index (κ1) is 23.3. The van der Waals surface area contributed by atoms with Crippen LogP contribution < -0.4 is 0 Å². The molecular weight excluding hydrogens is 364 g/mol. The molecule has 0 heterocycles. The fourth-order valence-electron chi connectivity index (χ4n) is 0. The van der Waals surface area contributed by atoms with Gasteiger partial charge >= 0.3 is 95.3 Å². The molecule has 5 heteroatoms. The predicted octanol–water partition coefficient (Wildman–Crippen LogP) is -0.814. The van der Waals surface area contributed by atoms with Crippen LogP contribution in [0, 0.1) is 0 Å². The van der Waals surface area contributed by atoms with Crippen LogP contribution in [0.2, 0.25) is 0 Å². The summed E-state index contributed by atoms with van der Waals surface area (Å²) in [5.74, 6) is 0. The van der Waals surface area contributed by atoms with E-state index in [0.29, 0.717) is 0 Å². The molecule has 0 bridgehead atoms. The Morgan fingerprint density at radius 2 is 1.20 bits per heavy atom. The van der Waals surface area contributed by atoms with Gasteiger partial charge in [-0.15, -0.1) is 0 Å². The van der Waals surface area contributed by atoms with Gasteiger partial charge in [0, 0.05) is 27.3 Å². The zero-order chi connectivity index (χ0) is 2.00. The molecule has 0 N–H and O–H groups in total. The van der Waals surface area contributed by atoms with Gasteiger partial charge in [-0.3, -0.25) is 0 Å². The van der Waals surface area contributed by atoms with Crippen molar-refractivity contribution in [3.8, 4) is 0 Å². The minimum Gasteiger partial charge on any atom is 0 e. The summed E-state index contributed by atoms with van der Waals surface area (Å²) in [4.78, 5) is 0. The molecule has 0 atom stereocenters. The fourth-order valence-corrected chi connectivity index (χ4v) is 0. The molecular formula is H4Ca2CuOTl. The summed E-state index contributed by atoms with van der Waals surface area (Å²) >= 11 is 2.94. The zero-order valence-electron chi connectivity index (χ0n) is 6.70. The van der Waals surface area contributed by atoms with E-state index < -0.39 is 0 Å². The third-order valence-electron chi connectivity index (χ3n) is 0. The maximum Gasteiger partial charge on any atom is 0 e. The smallest absolute Gasteiger partial charge is 0 e. The van der Waals surface area contributed by atoms with Crippen LogP contribution in [0.3, 0.4) is 0 Å². The Labute approximate surface area is 125 Å². The Bertz CT molecular complexity index is 18.5. The average Bonchev–Trinajstić information content (AvgIpc) is 1.00. The summed E-state index contributed by atoms with van der Waals surface area (Å²) in [5, 5.41) is 0. The monoisotopic (exact) mass is 368 g/mol. The van der Waals surface area contributed by atoms with Gasteiger partial charge in [-0.2, -0.15) is 0 Å². The first-order chi connectivity index (χ1) is 1.00. The van der Waals surface area contributed by atoms with E-state index in [0.717, 1.165) is 0 Å². The molecule has 0 amide bonds. The van der Waals surface area contributed by atoms with Gasteiger partial charge in [0.25, 0.3) is 0 Å². The molecule has 0 fully saturated rings. The van der Waals surface area contributed by atoms with Gasteiger partial charge in [0.05, 0.1) is 0 Å². The van der Waals surface area contributed by atoms with Crippen molar-refractivity contribution < 1.29 is 25.5 Å². The molecule has 0 aromatic rings. The first-order valence-corrected chi connectivity index (χ1v) is 0.508. The summed E-state index contributed by atoms with van der Waals surface area (Å²) in [6.07, 6.45) is 0. The minimum atomic E-state index is 0. The van der Waals surface area contributed by atoms with Gasteiger partial charge in [0.1, 0.15) is 0 Å². The van der Waals surface area contributed by atoms with Gasteiger partial charge in [-0.1, -0.05) is 0 Å². The molecule has 0 aromatic carbocycles. The van der Waals surface area contributed by atoms with E-state index >= 15 is 0 Å². The summed E-state index contributed by atoms with van der Waals surface area (Å²) in [6, 6.07) is 0. The number of hydrogen-bond donors (Lipinski definition) is 0. The van der Waals surface area contributed by atoms with Gasteiger partial charge in [0.15, 0.2) is 0 Å². The van der Waals surface area contributed by atoms with Crippen LogP contribution in [0.5, 0.6) is 0 Å². The predicted molar refractivity (Wildman–Crippen MR) is 22.4 cm³/mol. The Morgan fingerprint density at radius 3 is 1.20 bits per heavy atom. The van der Waals surface area contributed by atoms with E-state index in [9.17, 15) is 0 Å². The Balaban J connectivity index is -0.000000000238. The summed E-state index contributed by atoms with van der Waals surface area (Å²) in [6.45, 7) is 0. The van der Waals surface area contributed by atoms with E-state index in [2.05, 4.69) is 15.9 Å². The van der Waals surface area contributed by atoms with Crippen LogP contribution in [0.1, 0.15) is 5.71 Å². The van der Waals surface area contributed by atoms with Gasteiger partial charge < -0.3 is 5.71 Å². The van der Waals surface area contributed by atoms with Crippen molar-refractivity contribution in [2.24, 2.45) is 0 Å². The maximum absolute atomic E-state index is 7.81. The van der Waals surface area contributed by atoms with Crippen molar-refractivity contribution in [3.63, 3.8) is 0 Å². The zero-order valence-corrected chi connectivity index (χ0v) is 12.5. The molecule has 0 rings (SSSR count). The second-order valence-corrected chi connectivity index (χ2v) is 0. The van der Waals surface area contributed by atoms with Crippen LogP contribution in [0.25, 0.3) is 0 Å². The average molecular weight is 368 g/mol. The minimum absolute atomic E-state index is 0. The van der Waals surface area contributed by atoms with Gasteiger partial charge in [-0.05, 0) is 0 Å². The van der Waals surface area contributed by atoms with E-state index in [-0.39, 0.29) is 108 Å². The molecule has 5 heavy (non-hydrogen) atoms. The van der Waals surface area contributed by atoms with Crippen LogP contribution >= 0.6 is 0 Å². The molecule has 1 nitrogen and oxygen atoms in total. The molecule has 0 aromatic heterocycles. The number of hydrogen-bond acceptors (Lipinski definition) is 1. The third-order valence-corrected chi connectivity index (χ3v) is 0. The Hall–Kier alpha value is 3.76. The third kappa shape index (κ3) is 18.2. The van der Waals surface area contributed by atoms with Crippen LogP contribution in [0.15, 0.2) is 0 Å². The van der Waals surface area contributed by atoms with Gasteiger partial charge in [-0.25, -0.2) is 0 Å². The SMILES string of the molecule is [Ca+2].[Ca+2].[H-].[H-].[H-].[H-].[O]=[Cu].[Tl]. The quantitative estimate of drug-likeness (QED) is 0.512.